The standard InChI is InChI=1S/C22H36O3/c1-3-5-7-9-11-21-17-25-22(18-24-21)19-12-14-20(15-13-19)23-16-10-8-6-4-2/h12-15,21-22H,3-11,16-18H2,1-2H3/t21-,22-/m1/s1. The van der Waals surface area contributed by atoms with E-state index in [1.165, 1.54) is 50.5 Å². The van der Waals surface area contributed by atoms with E-state index in [4.69, 9.17) is 14.2 Å². The SMILES string of the molecule is CCCCCCOc1ccc([C@H]2CO[C@H](CCCCCC)CO2)cc1. The van der Waals surface area contributed by atoms with E-state index in [9.17, 15) is 0 Å². The van der Waals surface area contributed by atoms with Crippen molar-refractivity contribution in [3.8, 4) is 5.75 Å². The Labute approximate surface area is 154 Å². The predicted molar refractivity (Wildman–Crippen MR) is 103 cm³/mol. The zero-order chi connectivity index (χ0) is 17.7. The second kappa shape index (κ2) is 12.3. The summed E-state index contributed by atoms with van der Waals surface area (Å²) < 4.78 is 17.8. The molecule has 0 amide bonds. The first-order valence-corrected chi connectivity index (χ1v) is 10.3. The Balaban J connectivity index is 1.65. The van der Waals surface area contributed by atoms with E-state index in [2.05, 4.69) is 38.1 Å². The third-order valence-corrected chi connectivity index (χ3v) is 4.86. The van der Waals surface area contributed by atoms with E-state index in [-0.39, 0.29) is 12.2 Å². The molecule has 1 aromatic carbocycles. The smallest absolute Gasteiger partial charge is 0.119 e. The molecule has 2 rings (SSSR count). The Hall–Kier alpha value is -1.06. The molecule has 0 unspecified atom stereocenters. The molecular formula is C22H36O3. The average Bonchev–Trinajstić information content (AvgIpc) is 2.66. The maximum absolute atomic E-state index is 6.03. The van der Waals surface area contributed by atoms with Crippen LogP contribution in [0, 0.1) is 0 Å². The fourth-order valence-electron chi connectivity index (χ4n) is 3.20. The minimum Gasteiger partial charge on any atom is -0.494 e. The van der Waals surface area contributed by atoms with Crippen molar-refractivity contribution in [2.75, 3.05) is 19.8 Å². The van der Waals surface area contributed by atoms with Crippen LogP contribution in [-0.2, 0) is 9.47 Å². The highest BCUT2D eigenvalue weighted by molar-refractivity contribution is 5.28. The van der Waals surface area contributed by atoms with Gasteiger partial charge in [-0.05, 0) is 30.5 Å². The van der Waals surface area contributed by atoms with Crippen LogP contribution in [0.2, 0.25) is 0 Å². The minimum absolute atomic E-state index is 0.0606. The quantitative estimate of drug-likeness (QED) is 0.429. The summed E-state index contributed by atoms with van der Waals surface area (Å²) in [5.74, 6) is 0.950. The maximum atomic E-state index is 6.03. The van der Waals surface area contributed by atoms with Gasteiger partial charge in [-0.2, -0.15) is 0 Å². The fourth-order valence-corrected chi connectivity index (χ4v) is 3.20. The summed E-state index contributed by atoms with van der Waals surface area (Å²) in [6.45, 7) is 6.66. The van der Waals surface area contributed by atoms with Crippen molar-refractivity contribution >= 4 is 0 Å². The Kier molecular flexibility index (Phi) is 9.98. The number of benzene rings is 1. The summed E-state index contributed by atoms with van der Waals surface area (Å²) in [7, 11) is 0. The molecule has 0 aliphatic carbocycles. The second-order valence-electron chi connectivity index (χ2n) is 7.10. The first-order chi connectivity index (χ1) is 12.3. The van der Waals surface area contributed by atoms with Crippen molar-refractivity contribution in [3.05, 3.63) is 29.8 Å². The molecule has 2 atom stereocenters. The van der Waals surface area contributed by atoms with Gasteiger partial charge < -0.3 is 14.2 Å². The van der Waals surface area contributed by atoms with E-state index in [1.54, 1.807) is 0 Å². The number of ether oxygens (including phenoxy) is 3. The Bertz CT molecular complexity index is 435. The van der Waals surface area contributed by atoms with Crippen LogP contribution in [0.4, 0.5) is 0 Å². The van der Waals surface area contributed by atoms with E-state index < -0.39 is 0 Å². The summed E-state index contributed by atoms with van der Waals surface area (Å²) in [5.41, 5.74) is 1.18. The first-order valence-electron chi connectivity index (χ1n) is 10.3. The van der Waals surface area contributed by atoms with Crippen LogP contribution < -0.4 is 4.74 Å². The van der Waals surface area contributed by atoms with Crippen molar-refractivity contribution < 1.29 is 14.2 Å². The summed E-state index contributed by atoms with van der Waals surface area (Å²) in [4.78, 5) is 0. The van der Waals surface area contributed by atoms with Gasteiger partial charge in [0.25, 0.3) is 0 Å². The molecule has 142 valence electrons. The van der Waals surface area contributed by atoms with Gasteiger partial charge in [0, 0.05) is 0 Å². The van der Waals surface area contributed by atoms with E-state index in [0.717, 1.165) is 25.2 Å². The van der Waals surface area contributed by atoms with E-state index in [1.807, 2.05) is 0 Å². The zero-order valence-electron chi connectivity index (χ0n) is 16.2. The zero-order valence-corrected chi connectivity index (χ0v) is 16.2. The van der Waals surface area contributed by atoms with E-state index >= 15 is 0 Å². The largest absolute Gasteiger partial charge is 0.494 e. The Morgan fingerprint density at radius 1 is 0.840 bits per heavy atom. The second-order valence-corrected chi connectivity index (χ2v) is 7.10. The van der Waals surface area contributed by atoms with Crippen LogP contribution in [0.5, 0.6) is 5.75 Å². The van der Waals surface area contributed by atoms with Crippen molar-refractivity contribution in [1.82, 2.24) is 0 Å². The van der Waals surface area contributed by atoms with Crippen LogP contribution in [0.25, 0.3) is 0 Å². The molecule has 1 aromatic rings. The highest BCUT2D eigenvalue weighted by atomic mass is 16.6. The minimum atomic E-state index is 0.0606. The van der Waals surface area contributed by atoms with Crippen LogP contribution in [0.3, 0.4) is 0 Å². The molecule has 0 aromatic heterocycles. The molecule has 1 saturated heterocycles. The topological polar surface area (TPSA) is 27.7 Å². The first kappa shape index (κ1) is 20.3. The third kappa shape index (κ3) is 7.79. The molecule has 1 heterocycles. The van der Waals surface area contributed by atoms with Crippen LogP contribution >= 0.6 is 0 Å². The number of unbranched alkanes of at least 4 members (excludes halogenated alkanes) is 6. The molecule has 25 heavy (non-hydrogen) atoms. The van der Waals surface area contributed by atoms with Gasteiger partial charge in [-0.3, -0.25) is 0 Å². The van der Waals surface area contributed by atoms with Gasteiger partial charge in [0.15, 0.2) is 0 Å². The van der Waals surface area contributed by atoms with Crippen LogP contribution in [-0.4, -0.2) is 25.9 Å². The van der Waals surface area contributed by atoms with Gasteiger partial charge in [0.2, 0.25) is 0 Å². The van der Waals surface area contributed by atoms with Gasteiger partial charge in [-0.15, -0.1) is 0 Å². The van der Waals surface area contributed by atoms with Crippen LogP contribution in [0.15, 0.2) is 24.3 Å². The van der Waals surface area contributed by atoms with Gasteiger partial charge in [0.1, 0.15) is 11.9 Å². The molecule has 0 spiro atoms. The van der Waals surface area contributed by atoms with Crippen molar-refractivity contribution in [3.63, 3.8) is 0 Å². The molecule has 0 saturated carbocycles. The molecule has 0 N–H and O–H groups in total. The molecule has 1 fully saturated rings. The number of hydrogen-bond acceptors (Lipinski definition) is 3. The van der Waals surface area contributed by atoms with E-state index in [0.29, 0.717) is 13.2 Å². The third-order valence-electron chi connectivity index (χ3n) is 4.86. The van der Waals surface area contributed by atoms with Gasteiger partial charge in [-0.25, -0.2) is 0 Å². The monoisotopic (exact) mass is 348 g/mol. The molecule has 1 aliphatic heterocycles. The van der Waals surface area contributed by atoms with Crippen molar-refractivity contribution in [1.29, 1.82) is 0 Å². The Morgan fingerprint density at radius 2 is 1.56 bits per heavy atom. The fraction of sp³-hybridized carbons (Fsp3) is 0.727. The molecule has 1 aliphatic rings. The summed E-state index contributed by atoms with van der Waals surface area (Å²) in [5, 5.41) is 0. The molecule has 0 radical (unpaired) electrons. The summed E-state index contributed by atoms with van der Waals surface area (Å²) in [6, 6.07) is 8.32. The van der Waals surface area contributed by atoms with Crippen LogP contribution in [0.1, 0.15) is 83.3 Å². The predicted octanol–water partition coefficient (Wildman–Crippen LogP) is 6.07. The number of hydrogen-bond donors (Lipinski definition) is 0. The lowest BCUT2D eigenvalue weighted by atomic mass is 10.1. The summed E-state index contributed by atoms with van der Waals surface area (Å²) >= 11 is 0. The molecule has 3 heteroatoms. The molecule has 3 nitrogen and oxygen atoms in total. The Morgan fingerprint density at radius 3 is 2.20 bits per heavy atom. The molecule has 0 bridgehead atoms. The maximum Gasteiger partial charge on any atom is 0.119 e. The average molecular weight is 349 g/mol. The van der Waals surface area contributed by atoms with Gasteiger partial charge in [-0.1, -0.05) is 70.9 Å². The van der Waals surface area contributed by atoms with Gasteiger partial charge in [0.05, 0.1) is 25.9 Å². The highest BCUT2D eigenvalue weighted by Gasteiger charge is 2.23. The van der Waals surface area contributed by atoms with Gasteiger partial charge >= 0.3 is 0 Å². The van der Waals surface area contributed by atoms with Crippen molar-refractivity contribution in [2.45, 2.75) is 83.8 Å². The van der Waals surface area contributed by atoms with Crippen molar-refractivity contribution in [2.24, 2.45) is 0 Å². The highest BCUT2D eigenvalue weighted by Crippen LogP contribution is 2.26. The lowest BCUT2D eigenvalue weighted by Crippen LogP contribution is -2.31. The lowest BCUT2D eigenvalue weighted by Gasteiger charge is -2.30. The summed E-state index contributed by atoms with van der Waals surface area (Å²) in [6.07, 6.45) is 11.6. The number of rotatable bonds is 12. The lowest BCUT2D eigenvalue weighted by molar-refractivity contribution is -0.137. The molecular weight excluding hydrogens is 312 g/mol. The normalized spacial score (nSPS) is 20.6.